The van der Waals surface area contributed by atoms with Gasteiger partial charge in [0, 0.05) is 5.38 Å². The van der Waals surface area contributed by atoms with Crippen molar-refractivity contribution < 1.29 is 9.53 Å². The van der Waals surface area contributed by atoms with E-state index >= 15 is 0 Å². The third-order valence-corrected chi connectivity index (χ3v) is 3.10. The number of carbonyl (C=O) groups is 1. The summed E-state index contributed by atoms with van der Waals surface area (Å²) in [6.07, 6.45) is 0.924. The van der Waals surface area contributed by atoms with Crippen LogP contribution in [0.25, 0.3) is 0 Å². The quantitative estimate of drug-likeness (QED) is 0.909. The maximum absolute atomic E-state index is 12.0. The van der Waals surface area contributed by atoms with Crippen LogP contribution in [0.1, 0.15) is 29.4 Å². The van der Waals surface area contributed by atoms with Crippen LogP contribution >= 0.6 is 11.3 Å². The molecule has 4 nitrogen and oxygen atoms in total. The number of hydrogen-bond acceptors (Lipinski definition) is 4. The lowest BCUT2D eigenvalue weighted by Crippen LogP contribution is -2.13. The molecule has 100 valence electrons. The van der Waals surface area contributed by atoms with Crippen LogP contribution in [0.4, 0.5) is 5.69 Å². The Kier molecular flexibility index (Phi) is 4.52. The number of anilines is 1. The van der Waals surface area contributed by atoms with E-state index in [1.54, 1.807) is 10.9 Å². The zero-order valence-corrected chi connectivity index (χ0v) is 11.8. The molecule has 0 aliphatic carbocycles. The second kappa shape index (κ2) is 6.33. The van der Waals surface area contributed by atoms with Gasteiger partial charge in [0.2, 0.25) is 0 Å². The van der Waals surface area contributed by atoms with Gasteiger partial charge in [-0.3, -0.25) is 4.79 Å². The van der Waals surface area contributed by atoms with Gasteiger partial charge in [-0.15, -0.1) is 11.3 Å². The Hall–Kier alpha value is -1.88. The first kappa shape index (κ1) is 13.5. The van der Waals surface area contributed by atoms with Crippen molar-refractivity contribution in [2.24, 2.45) is 0 Å². The summed E-state index contributed by atoms with van der Waals surface area (Å²) < 4.78 is 5.65. The molecule has 0 atom stereocenters. The van der Waals surface area contributed by atoms with E-state index in [0.717, 1.165) is 12.0 Å². The van der Waals surface area contributed by atoms with Gasteiger partial charge in [-0.2, -0.15) is 0 Å². The fourth-order valence-corrected chi connectivity index (χ4v) is 2.11. The summed E-state index contributed by atoms with van der Waals surface area (Å²) in [6.45, 7) is 4.66. The van der Waals surface area contributed by atoms with Gasteiger partial charge < -0.3 is 10.1 Å². The highest BCUT2D eigenvalue weighted by molar-refractivity contribution is 7.07. The Morgan fingerprint density at radius 1 is 1.47 bits per heavy atom. The SMILES string of the molecule is CCCOc1cc(C)ccc1NC(=O)c1cscn1. The molecule has 0 saturated carbocycles. The first-order valence-corrected chi connectivity index (χ1v) is 7.08. The molecular formula is C14H16N2O2S. The van der Waals surface area contributed by atoms with Crippen LogP contribution in [0.2, 0.25) is 0 Å². The third-order valence-electron chi connectivity index (χ3n) is 2.51. The predicted molar refractivity (Wildman–Crippen MR) is 77.0 cm³/mol. The molecule has 0 saturated heterocycles. The highest BCUT2D eigenvalue weighted by Crippen LogP contribution is 2.26. The normalized spacial score (nSPS) is 10.2. The monoisotopic (exact) mass is 276 g/mol. The summed E-state index contributed by atoms with van der Waals surface area (Å²) in [5, 5.41) is 4.55. The number of ether oxygens (including phenoxy) is 1. The molecule has 0 aliphatic heterocycles. The largest absolute Gasteiger partial charge is 0.491 e. The van der Waals surface area contributed by atoms with E-state index in [-0.39, 0.29) is 5.91 Å². The molecule has 2 rings (SSSR count). The van der Waals surface area contributed by atoms with Crippen LogP contribution in [0.3, 0.4) is 0 Å². The summed E-state index contributed by atoms with van der Waals surface area (Å²) in [5.74, 6) is 0.483. The zero-order chi connectivity index (χ0) is 13.7. The van der Waals surface area contributed by atoms with Crippen molar-refractivity contribution in [3.8, 4) is 5.75 Å². The lowest BCUT2D eigenvalue weighted by Gasteiger charge is -2.12. The molecule has 2 aromatic rings. The number of amides is 1. The molecule has 0 fully saturated rings. The fraction of sp³-hybridized carbons (Fsp3) is 0.286. The fourth-order valence-electron chi connectivity index (χ4n) is 1.58. The molecule has 1 heterocycles. The number of aryl methyl sites for hydroxylation is 1. The van der Waals surface area contributed by atoms with Gasteiger partial charge in [-0.25, -0.2) is 4.98 Å². The number of benzene rings is 1. The van der Waals surface area contributed by atoms with Crippen molar-refractivity contribution in [1.82, 2.24) is 4.98 Å². The molecule has 0 bridgehead atoms. The van der Waals surface area contributed by atoms with Gasteiger partial charge in [0.15, 0.2) is 0 Å². The highest BCUT2D eigenvalue weighted by Gasteiger charge is 2.11. The Morgan fingerprint density at radius 3 is 3.00 bits per heavy atom. The first-order chi connectivity index (χ1) is 9.20. The van der Waals surface area contributed by atoms with Gasteiger partial charge in [0.1, 0.15) is 11.4 Å². The van der Waals surface area contributed by atoms with Crippen molar-refractivity contribution >= 4 is 22.9 Å². The average Bonchev–Trinajstić information content (AvgIpc) is 2.93. The van der Waals surface area contributed by atoms with Crippen LogP contribution in [0.15, 0.2) is 29.1 Å². The second-order valence-corrected chi connectivity index (χ2v) is 4.89. The van der Waals surface area contributed by atoms with Gasteiger partial charge in [0.25, 0.3) is 5.91 Å². The smallest absolute Gasteiger partial charge is 0.275 e. The lowest BCUT2D eigenvalue weighted by molar-refractivity contribution is 0.102. The maximum atomic E-state index is 12.0. The summed E-state index contributed by atoms with van der Waals surface area (Å²) in [4.78, 5) is 16.0. The number of nitrogens with one attached hydrogen (secondary N) is 1. The Balaban J connectivity index is 2.17. The molecule has 0 aliphatic rings. The maximum Gasteiger partial charge on any atom is 0.275 e. The van der Waals surface area contributed by atoms with Crippen molar-refractivity contribution in [1.29, 1.82) is 0 Å². The predicted octanol–water partition coefficient (Wildman–Crippen LogP) is 3.49. The van der Waals surface area contributed by atoms with Crippen LogP contribution in [-0.4, -0.2) is 17.5 Å². The third kappa shape index (κ3) is 3.54. The molecule has 0 radical (unpaired) electrons. The summed E-state index contributed by atoms with van der Waals surface area (Å²) >= 11 is 1.40. The highest BCUT2D eigenvalue weighted by atomic mass is 32.1. The van der Waals surface area contributed by atoms with E-state index < -0.39 is 0 Å². The van der Waals surface area contributed by atoms with Crippen molar-refractivity contribution in [3.05, 3.63) is 40.3 Å². The Morgan fingerprint density at radius 2 is 2.32 bits per heavy atom. The number of hydrogen-bond donors (Lipinski definition) is 1. The van der Waals surface area contributed by atoms with E-state index in [2.05, 4.69) is 10.3 Å². The average molecular weight is 276 g/mol. The minimum Gasteiger partial charge on any atom is -0.491 e. The minimum absolute atomic E-state index is 0.216. The van der Waals surface area contributed by atoms with E-state index in [1.807, 2.05) is 32.0 Å². The summed E-state index contributed by atoms with van der Waals surface area (Å²) in [6, 6.07) is 5.71. The van der Waals surface area contributed by atoms with Crippen molar-refractivity contribution in [2.75, 3.05) is 11.9 Å². The molecule has 0 unspecified atom stereocenters. The zero-order valence-electron chi connectivity index (χ0n) is 11.0. The van der Waals surface area contributed by atoms with Crippen LogP contribution in [0.5, 0.6) is 5.75 Å². The topological polar surface area (TPSA) is 51.2 Å². The van der Waals surface area contributed by atoms with E-state index in [4.69, 9.17) is 4.74 Å². The molecule has 1 aromatic heterocycles. The molecular weight excluding hydrogens is 260 g/mol. The van der Waals surface area contributed by atoms with Crippen LogP contribution in [-0.2, 0) is 0 Å². The number of carbonyl (C=O) groups excluding carboxylic acids is 1. The Bertz CT molecular complexity index is 553. The number of rotatable bonds is 5. The van der Waals surface area contributed by atoms with Crippen LogP contribution in [0, 0.1) is 6.92 Å². The Labute approximate surface area is 116 Å². The van der Waals surface area contributed by atoms with Crippen LogP contribution < -0.4 is 10.1 Å². The number of aromatic nitrogens is 1. The first-order valence-electron chi connectivity index (χ1n) is 6.13. The van der Waals surface area contributed by atoms with Gasteiger partial charge in [0.05, 0.1) is 17.8 Å². The molecule has 19 heavy (non-hydrogen) atoms. The van der Waals surface area contributed by atoms with E-state index in [9.17, 15) is 4.79 Å². The second-order valence-electron chi connectivity index (χ2n) is 4.18. The molecule has 1 N–H and O–H groups in total. The summed E-state index contributed by atoms with van der Waals surface area (Å²) in [7, 11) is 0. The summed E-state index contributed by atoms with van der Waals surface area (Å²) in [5.41, 5.74) is 3.83. The van der Waals surface area contributed by atoms with Gasteiger partial charge >= 0.3 is 0 Å². The van der Waals surface area contributed by atoms with E-state index in [1.165, 1.54) is 11.3 Å². The number of thiazole rings is 1. The van der Waals surface area contributed by atoms with Gasteiger partial charge in [-0.05, 0) is 31.0 Å². The van der Waals surface area contributed by atoms with Crippen molar-refractivity contribution in [3.63, 3.8) is 0 Å². The van der Waals surface area contributed by atoms with Crippen molar-refractivity contribution in [2.45, 2.75) is 20.3 Å². The molecule has 0 spiro atoms. The van der Waals surface area contributed by atoms with Gasteiger partial charge in [-0.1, -0.05) is 13.0 Å². The minimum atomic E-state index is -0.216. The number of nitrogens with zero attached hydrogens (tertiary/aromatic N) is 1. The molecule has 5 heteroatoms. The molecule has 1 amide bonds. The molecule has 1 aromatic carbocycles. The van der Waals surface area contributed by atoms with E-state index in [0.29, 0.717) is 23.7 Å². The standard InChI is InChI=1S/C14H16N2O2S/c1-3-6-18-13-7-10(2)4-5-11(13)16-14(17)12-8-19-9-15-12/h4-5,7-9H,3,6H2,1-2H3,(H,16,17). The lowest BCUT2D eigenvalue weighted by atomic mass is 10.2.